The fraction of sp³-hybridized carbons (Fsp3) is 0.375. The molecule has 1 aromatic carbocycles. The van der Waals surface area contributed by atoms with Crippen LogP contribution in [0.15, 0.2) is 24.3 Å². The van der Waals surface area contributed by atoms with Crippen LogP contribution in [0.5, 0.6) is 5.75 Å². The van der Waals surface area contributed by atoms with Gasteiger partial charge in [0.1, 0.15) is 17.7 Å². The van der Waals surface area contributed by atoms with Crippen molar-refractivity contribution in [2.24, 2.45) is 7.05 Å². The Hall–Kier alpha value is -2.34. The molecule has 6 nitrogen and oxygen atoms in total. The van der Waals surface area contributed by atoms with Crippen molar-refractivity contribution < 1.29 is 14.3 Å². The molecule has 0 fully saturated rings. The SMILES string of the molecule is COc1ccc(-c2c(C)nn(C)c2NC(=O)C(C)OC)cc1. The van der Waals surface area contributed by atoms with Crippen molar-refractivity contribution in [2.75, 3.05) is 19.5 Å². The number of nitrogens with one attached hydrogen (secondary N) is 1. The lowest BCUT2D eigenvalue weighted by Gasteiger charge is -2.13. The molecule has 1 N–H and O–H groups in total. The number of hydrogen-bond donors (Lipinski definition) is 1. The molecule has 0 bridgehead atoms. The van der Waals surface area contributed by atoms with E-state index in [0.29, 0.717) is 5.82 Å². The Morgan fingerprint density at radius 3 is 2.45 bits per heavy atom. The van der Waals surface area contributed by atoms with Crippen molar-refractivity contribution >= 4 is 11.7 Å². The Morgan fingerprint density at radius 1 is 1.27 bits per heavy atom. The van der Waals surface area contributed by atoms with Gasteiger partial charge in [0.25, 0.3) is 5.91 Å². The zero-order chi connectivity index (χ0) is 16.3. The number of nitrogens with zero attached hydrogens (tertiary/aromatic N) is 2. The summed E-state index contributed by atoms with van der Waals surface area (Å²) in [4.78, 5) is 12.1. The summed E-state index contributed by atoms with van der Waals surface area (Å²) in [5.41, 5.74) is 2.70. The third-order valence-corrected chi connectivity index (χ3v) is 3.57. The number of amides is 1. The minimum absolute atomic E-state index is 0.208. The van der Waals surface area contributed by atoms with Gasteiger partial charge in [-0.2, -0.15) is 5.10 Å². The number of benzene rings is 1. The van der Waals surface area contributed by atoms with Crippen LogP contribution in [0.3, 0.4) is 0 Å². The van der Waals surface area contributed by atoms with Crippen LogP contribution < -0.4 is 10.1 Å². The first-order valence-corrected chi connectivity index (χ1v) is 6.99. The highest BCUT2D eigenvalue weighted by Crippen LogP contribution is 2.32. The Balaban J connectivity index is 2.40. The van der Waals surface area contributed by atoms with Crippen LogP contribution in [0.4, 0.5) is 5.82 Å². The van der Waals surface area contributed by atoms with E-state index in [9.17, 15) is 4.79 Å². The predicted molar refractivity (Wildman–Crippen MR) is 85.0 cm³/mol. The first-order valence-electron chi connectivity index (χ1n) is 6.99. The van der Waals surface area contributed by atoms with Gasteiger partial charge in [0.2, 0.25) is 0 Å². The van der Waals surface area contributed by atoms with Gasteiger partial charge in [-0.3, -0.25) is 9.48 Å². The third kappa shape index (κ3) is 3.12. The van der Waals surface area contributed by atoms with E-state index < -0.39 is 6.10 Å². The summed E-state index contributed by atoms with van der Waals surface area (Å²) in [6.45, 7) is 3.61. The second-order valence-corrected chi connectivity index (χ2v) is 5.03. The summed E-state index contributed by atoms with van der Waals surface area (Å²) in [5, 5.41) is 7.28. The molecule has 6 heteroatoms. The molecular weight excluding hydrogens is 282 g/mol. The molecule has 2 aromatic rings. The van der Waals surface area contributed by atoms with E-state index in [4.69, 9.17) is 9.47 Å². The second kappa shape index (κ2) is 6.62. The molecular formula is C16H21N3O3. The molecule has 1 aromatic heterocycles. The van der Waals surface area contributed by atoms with Crippen LogP contribution in [0.2, 0.25) is 0 Å². The summed E-state index contributed by atoms with van der Waals surface area (Å²) in [6.07, 6.45) is -0.529. The number of rotatable bonds is 5. The maximum absolute atomic E-state index is 12.1. The lowest BCUT2D eigenvalue weighted by Crippen LogP contribution is -2.27. The van der Waals surface area contributed by atoms with Crippen LogP contribution in [0.25, 0.3) is 11.1 Å². The van der Waals surface area contributed by atoms with E-state index in [-0.39, 0.29) is 5.91 Å². The Labute approximate surface area is 130 Å². The zero-order valence-electron chi connectivity index (χ0n) is 13.5. The minimum atomic E-state index is -0.529. The third-order valence-electron chi connectivity index (χ3n) is 3.57. The van der Waals surface area contributed by atoms with Crippen LogP contribution in [0.1, 0.15) is 12.6 Å². The van der Waals surface area contributed by atoms with Crippen molar-refractivity contribution in [2.45, 2.75) is 20.0 Å². The van der Waals surface area contributed by atoms with Crippen molar-refractivity contribution in [1.82, 2.24) is 9.78 Å². The number of carbonyl (C=O) groups excluding carboxylic acids is 1. The number of ether oxygens (including phenoxy) is 2. The normalized spacial score (nSPS) is 12.0. The smallest absolute Gasteiger partial charge is 0.254 e. The van der Waals surface area contributed by atoms with Crippen molar-refractivity contribution in [3.63, 3.8) is 0 Å². The average molecular weight is 303 g/mol. The molecule has 2 rings (SSSR count). The van der Waals surface area contributed by atoms with Crippen molar-refractivity contribution in [3.8, 4) is 16.9 Å². The fourth-order valence-corrected chi connectivity index (χ4v) is 2.23. The maximum Gasteiger partial charge on any atom is 0.254 e. The monoisotopic (exact) mass is 303 g/mol. The van der Waals surface area contributed by atoms with E-state index in [1.807, 2.05) is 31.2 Å². The molecule has 0 aliphatic heterocycles. The summed E-state index contributed by atoms with van der Waals surface area (Å²) in [7, 11) is 4.93. The molecule has 0 aliphatic carbocycles. The summed E-state index contributed by atoms with van der Waals surface area (Å²) < 4.78 is 11.9. The molecule has 0 saturated heterocycles. The van der Waals surface area contributed by atoms with Gasteiger partial charge in [-0.1, -0.05) is 12.1 Å². The van der Waals surface area contributed by atoms with Gasteiger partial charge in [-0.15, -0.1) is 0 Å². The number of aromatic nitrogens is 2. The molecule has 1 unspecified atom stereocenters. The number of carbonyl (C=O) groups is 1. The molecule has 1 amide bonds. The standard InChI is InChI=1S/C16H21N3O3/c1-10-14(12-6-8-13(22-5)9-7-12)15(19(3)18-10)17-16(20)11(2)21-4/h6-9,11H,1-5H3,(H,17,20). The van der Waals surface area contributed by atoms with Crippen LogP contribution >= 0.6 is 0 Å². The Morgan fingerprint density at radius 2 is 1.91 bits per heavy atom. The van der Waals surface area contributed by atoms with Crippen LogP contribution in [0, 0.1) is 6.92 Å². The van der Waals surface area contributed by atoms with Gasteiger partial charge in [0.05, 0.1) is 12.8 Å². The number of anilines is 1. The molecule has 1 heterocycles. The largest absolute Gasteiger partial charge is 0.497 e. The topological polar surface area (TPSA) is 65.4 Å². The van der Waals surface area contributed by atoms with Gasteiger partial charge in [0, 0.05) is 19.7 Å². The minimum Gasteiger partial charge on any atom is -0.497 e. The summed E-state index contributed by atoms with van der Waals surface area (Å²) in [5.74, 6) is 1.22. The Kier molecular flexibility index (Phi) is 4.82. The molecule has 22 heavy (non-hydrogen) atoms. The number of hydrogen-bond acceptors (Lipinski definition) is 4. The van der Waals surface area contributed by atoms with E-state index in [1.54, 1.807) is 25.8 Å². The summed E-state index contributed by atoms with van der Waals surface area (Å²) in [6, 6.07) is 7.65. The van der Waals surface area contributed by atoms with Crippen LogP contribution in [-0.4, -0.2) is 36.0 Å². The van der Waals surface area contributed by atoms with E-state index in [1.165, 1.54) is 7.11 Å². The second-order valence-electron chi connectivity index (χ2n) is 5.03. The Bertz CT molecular complexity index is 662. The number of methoxy groups -OCH3 is 2. The predicted octanol–water partition coefficient (Wildman–Crippen LogP) is 2.38. The highest BCUT2D eigenvalue weighted by molar-refractivity contribution is 5.97. The van der Waals surface area contributed by atoms with Gasteiger partial charge in [0.15, 0.2) is 0 Å². The highest BCUT2D eigenvalue weighted by atomic mass is 16.5. The van der Waals surface area contributed by atoms with Crippen molar-refractivity contribution in [3.05, 3.63) is 30.0 Å². The van der Waals surface area contributed by atoms with Gasteiger partial charge in [-0.05, 0) is 31.5 Å². The van der Waals surface area contributed by atoms with E-state index in [0.717, 1.165) is 22.6 Å². The van der Waals surface area contributed by atoms with Crippen LogP contribution in [-0.2, 0) is 16.6 Å². The molecule has 0 aliphatic rings. The zero-order valence-corrected chi connectivity index (χ0v) is 13.5. The number of aryl methyl sites for hydroxylation is 2. The van der Waals surface area contributed by atoms with E-state index in [2.05, 4.69) is 10.4 Å². The maximum atomic E-state index is 12.1. The molecule has 1 atom stereocenters. The van der Waals surface area contributed by atoms with Gasteiger partial charge < -0.3 is 14.8 Å². The lowest BCUT2D eigenvalue weighted by atomic mass is 10.1. The van der Waals surface area contributed by atoms with Crippen molar-refractivity contribution in [1.29, 1.82) is 0 Å². The fourth-order valence-electron chi connectivity index (χ4n) is 2.23. The first kappa shape index (κ1) is 16.0. The summed E-state index contributed by atoms with van der Waals surface area (Å²) >= 11 is 0. The van der Waals surface area contributed by atoms with E-state index >= 15 is 0 Å². The van der Waals surface area contributed by atoms with Gasteiger partial charge in [-0.25, -0.2) is 0 Å². The van der Waals surface area contributed by atoms with Gasteiger partial charge >= 0.3 is 0 Å². The highest BCUT2D eigenvalue weighted by Gasteiger charge is 2.20. The average Bonchev–Trinajstić information content (AvgIpc) is 2.80. The quantitative estimate of drug-likeness (QED) is 0.921. The molecule has 0 saturated carbocycles. The molecule has 118 valence electrons. The molecule has 0 radical (unpaired) electrons. The molecule has 0 spiro atoms. The first-order chi connectivity index (χ1) is 10.5. The lowest BCUT2D eigenvalue weighted by molar-refractivity contribution is -0.124.